The molecule has 3 aromatic carbocycles. The van der Waals surface area contributed by atoms with Crippen molar-refractivity contribution >= 4 is 40.9 Å². The van der Waals surface area contributed by atoms with Crippen molar-refractivity contribution in [1.29, 1.82) is 0 Å². The lowest BCUT2D eigenvalue weighted by atomic mass is 10.1. The van der Waals surface area contributed by atoms with Crippen molar-refractivity contribution in [1.82, 2.24) is 5.32 Å². The fraction of sp³-hybridized carbons (Fsp3) is 0.267. The molecule has 0 radical (unpaired) electrons. The molecule has 10 heteroatoms. The minimum atomic E-state index is -1.12. The Morgan fingerprint density at radius 2 is 1.60 bits per heavy atom. The van der Waals surface area contributed by atoms with Gasteiger partial charge in [-0.05, 0) is 54.8 Å². The number of amides is 4. The minimum absolute atomic E-state index is 0.0267. The number of anilines is 3. The van der Waals surface area contributed by atoms with Crippen LogP contribution in [0.2, 0.25) is 0 Å². The molecule has 0 aliphatic rings. The van der Waals surface area contributed by atoms with Crippen LogP contribution < -0.4 is 25.2 Å². The molecule has 40 heavy (non-hydrogen) atoms. The molecular formula is C30H34N4O6. The third kappa shape index (κ3) is 8.59. The predicted molar refractivity (Wildman–Crippen MR) is 154 cm³/mol. The normalized spacial score (nSPS) is 10.5. The van der Waals surface area contributed by atoms with E-state index in [-0.39, 0.29) is 36.2 Å². The Bertz CT molecular complexity index is 1330. The van der Waals surface area contributed by atoms with Crippen LogP contribution in [-0.4, -0.2) is 55.7 Å². The van der Waals surface area contributed by atoms with Gasteiger partial charge in [0.05, 0.1) is 17.8 Å². The maximum atomic E-state index is 13.3. The largest absolute Gasteiger partial charge is 0.482 e. The molecule has 3 N–H and O–H groups in total. The third-order valence-electron chi connectivity index (χ3n) is 6.02. The number of carboxylic acids is 1. The van der Waals surface area contributed by atoms with Crippen LogP contribution >= 0.6 is 0 Å². The number of aromatic carboxylic acids is 1. The molecule has 0 aliphatic carbocycles. The van der Waals surface area contributed by atoms with Crippen molar-refractivity contribution in [2.45, 2.75) is 20.3 Å². The van der Waals surface area contributed by atoms with Crippen molar-refractivity contribution in [3.63, 3.8) is 0 Å². The third-order valence-corrected chi connectivity index (χ3v) is 6.02. The smallest absolute Gasteiger partial charge is 0.335 e. The second kappa shape index (κ2) is 14.3. The number of carbonyl (C=O) groups is 4. The number of nitrogens with one attached hydrogen (secondary N) is 2. The van der Waals surface area contributed by atoms with Crippen LogP contribution in [0.1, 0.15) is 30.6 Å². The quantitative estimate of drug-likeness (QED) is 0.304. The lowest BCUT2D eigenvalue weighted by molar-refractivity contribution is -0.120. The highest BCUT2D eigenvalue weighted by Crippen LogP contribution is 2.29. The van der Waals surface area contributed by atoms with Crippen molar-refractivity contribution in [3.05, 3.63) is 84.4 Å². The molecule has 210 valence electrons. The highest BCUT2D eigenvalue weighted by atomic mass is 16.5. The van der Waals surface area contributed by atoms with Crippen LogP contribution in [0.3, 0.4) is 0 Å². The standard InChI is InChI=1S/C30H34N4O6/c1-21(2)16-17-34(27(35)19-31-30(39)32-23-11-9-10-22(18-23)29(37)38)25-14-7-8-15-26(25)40-20-28(36)33(3)24-12-5-4-6-13-24/h4-15,18,21H,16-17,19-20H2,1-3H3,(H,37,38)(H2,31,32,39). The average Bonchev–Trinajstić information content (AvgIpc) is 2.95. The summed E-state index contributed by atoms with van der Waals surface area (Å²) in [6.45, 7) is 3.91. The molecule has 0 saturated heterocycles. The summed E-state index contributed by atoms with van der Waals surface area (Å²) in [7, 11) is 1.67. The van der Waals surface area contributed by atoms with Crippen LogP contribution in [0.4, 0.5) is 21.9 Å². The van der Waals surface area contributed by atoms with Gasteiger partial charge in [-0.1, -0.05) is 50.2 Å². The fourth-order valence-electron chi connectivity index (χ4n) is 3.76. The molecule has 0 spiro atoms. The first-order valence-electron chi connectivity index (χ1n) is 12.9. The zero-order valence-corrected chi connectivity index (χ0v) is 22.8. The maximum Gasteiger partial charge on any atom is 0.335 e. The molecule has 0 aliphatic heterocycles. The Labute approximate surface area is 233 Å². The van der Waals surface area contributed by atoms with Gasteiger partial charge in [-0.2, -0.15) is 0 Å². The van der Waals surface area contributed by atoms with Crippen molar-refractivity contribution in [3.8, 4) is 5.75 Å². The molecule has 0 unspecified atom stereocenters. The van der Waals surface area contributed by atoms with E-state index < -0.39 is 12.0 Å². The molecule has 0 fully saturated rings. The van der Waals surface area contributed by atoms with Crippen LogP contribution in [0, 0.1) is 5.92 Å². The number of carbonyl (C=O) groups excluding carboxylic acids is 3. The highest BCUT2D eigenvalue weighted by Gasteiger charge is 2.21. The van der Waals surface area contributed by atoms with Gasteiger partial charge in [0.1, 0.15) is 5.75 Å². The van der Waals surface area contributed by atoms with E-state index in [1.165, 1.54) is 28.0 Å². The minimum Gasteiger partial charge on any atom is -0.482 e. The first-order valence-corrected chi connectivity index (χ1v) is 12.9. The van der Waals surface area contributed by atoms with Gasteiger partial charge in [0.25, 0.3) is 5.91 Å². The number of hydrogen-bond acceptors (Lipinski definition) is 5. The van der Waals surface area contributed by atoms with E-state index in [0.717, 1.165) is 5.69 Å². The van der Waals surface area contributed by atoms with Gasteiger partial charge in [-0.15, -0.1) is 0 Å². The first-order chi connectivity index (χ1) is 19.2. The molecular weight excluding hydrogens is 512 g/mol. The lowest BCUT2D eigenvalue weighted by Gasteiger charge is -2.26. The number of hydrogen-bond donors (Lipinski definition) is 3. The average molecular weight is 547 g/mol. The van der Waals surface area contributed by atoms with E-state index in [9.17, 15) is 19.2 Å². The summed E-state index contributed by atoms with van der Waals surface area (Å²) in [6.07, 6.45) is 0.698. The van der Waals surface area contributed by atoms with Crippen LogP contribution in [-0.2, 0) is 9.59 Å². The zero-order valence-electron chi connectivity index (χ0n) is 22.8. The SMILES string of the molecule is CC(C)CCN(C(=O)CNC(=O)Nc1cccc(C(=O)O)c1)c1ccccc1OCC(=O)N(C)c1ccccc1. The number of urea groups is 1. The summed E-state index contributed by atoms with van der Waals surface area (Å²) in [6, 6.07) is 21.3. The summed E-state index contributed by atoms with van der Waals surface area (Å²) in [5.74, 6) is -1.08. The van der Waals surface area contributed by atoms with E-state index >= 15 is 0 Å². The number of carboxylic acid groups (broad SMARTS) is 1. The Balaban J connectivity index is 1.69. The molecule has 0 saturated carbocycles. The van der Waals surface area contributed by atoms with E-state index in [2.05, 4.69) is 10.6 Å². The Morgan fingerprint density at radius 3 is 2.30 bits per heavy atom. The molecule has 10 nitrogen and oxygen atoms in total. The van der Waals surface area contributed by atoms with Gasteiger partial charge in [0.2, 0.25) is 5.91 Å². The summed E-state index contributed by atoms with van der Waals surface area (Å²) < 4.78 is 5.88. The number of rotatable bonds is 12. The second-order valence-electron chi connectivity index (χ2n) is 9.47. The Morgan fingerprint density at radius 1 is 0.900 bits per heavy atom. The van der Waals surface area contributed by atoms with Gasteiger partial charge in [-0.3, -0.25) is 9.59 Å². The lowest BCUT2D eigenvalue weighted by Crippen LogP contribution is -2.42. The molecule has 0 atom stereocenters. The van der Waals surface area contributed by atoms with E-state index in [1.54, 1.807) is 37.4 Å². The molecule has 0 aromatic heterocycles. The summed E-state index contributed by atoms with van der Waals surface area (Å²) >= 11 is 0. The summed E-state index contributed by atoms with van der Waals surface area (Å²) in [5.41, 5.74) is 1.53. The Kier molecular flexibility index (Phi) is 10.6. The fourth-order valence-corrected chi connectivity index (χ4v) is 3.76. The van der Waals surface area contributed by atoms with Crippen LogP contribution in [0.15, 0.2) is 78.9 Å². The number of ether oxygens (including phenoxy) is 1. The van der Waals surface area contributed by atoms with Crippen molar-refractivity contribution in [2.24, 2.45) is 5.92 Å². The van der Waals surface area contributed by atoms with Gasteiger partial charge < -0.3 is 30.3 Å². The van der Waals surface area contributed by atoms with E-state index in [4.69, 9.17) is 9.84 Å². The predicted octanol–water partition coefficient (Wildman–Crippen LogP) is 4.63. The number of para-hydroxylation sites is 3. The second-order valence-corrected chi connectivity index (χ2v) is 9.47. The number of nitrogens with zero attached hydrogens (tertiary/aromatic N) is 2. The van der Waals surface area contributed by atoms with Crippen molar-refractivity contribution < 1.29 is 29.0 Å². The zero-order chi connectivity index (χ0) is 29.1. The molecule has 0 heterocycles. The van der Waals surface area contributed by atoms with Gasteiger partial charge in [0.15, 0.2) is 6.61 Å². The Hall–Kier alpha value is -4.86. The van der Waals surface area contributed by atoms with Gasteiger partial charge in [0, 0.05) is 25.0 Å². The van der Waals surface area contributed by atoms with E-state index in [0.29, 0.717) is 30.3 Å². The molecule has 3 aromatic rings. The van der Waals surface area contributed by atoms with Crippen molar-refractivity contribution in [2.75, 3.05) is 41.9 Å². The first kappa shape index (κ1) is 29.7. The van der Waals surface area contributed by atoms with Crippen LogP contribution in [0.25, 0.3) is 0 Å². The number of benzene rings is 3. The highest BCUT2D eigenvalue weighted by molar-refractivity contribution is 6.00. The molecule has 3 rings (SSSR count). The molecule has 4 amide bonds. The van der Waals surface area contributed by atoms with Gasteiger partial charge >= 0.3 is 12.0 Å². The van der Waals surface area contributed by atoms with E-state index in [1.807, 2.05) is 44.2 Å². The summed E-state index contributed by atoms with van der Waals surface area (Å²) in [5, 5.41) is 14.2. The summed E-state index contributed by atoms with van der Waals surface area (Å²) in [4.78, 5) is 52.7. The van der Waals surface area contributed by atoms with Crippen LogP contribution in [0.5, 0.6) is 5.75 Å². The monoisotopic (exact) mass is 546 g/mol. The maximum absolute atomic E-state index is 13.3. The number of likely N-dealkylation sites (N-methyl/N-ethyl adjacent to an activating group) is 1. The molecule has 0 bridgehead atoms. The van der Waals surface area contributed by atoms with Gasteiger partial charge in [-0.25, -0.2) is 9.59 Å². The topological polar surface area (TPSA) is 128 Å².